The minimum absolute atomic E-state index is 0. The van der Waals surface area contributed by atoms with Crippen molar-refractivity contribution in [2.45, 2.75) is 13.8 Å². The van der Waals surface area contributed by atoms with Gasteiger partial charge in [0.25, 0.3) is 0 Å². The molecule has 2 N–H and O–H groups in total. The van der Waals surface area contributed by atoms with Crippen molar-refractivity contribution < 1.29 is 10.4 Å². The van der Waals surface area contributed by atoms with E-state index >= 15 is 0 Å². The highest BCUT2D eigenvalue weighted by molar-refractivity contribution is 5.11. The average Bonchev–Trinajstić information content (AvgIpc) is 2.07. The summed E-state index contributed by atoms with van der Waals surface area (Å²) >= 11 is 0. The number of benzene rings is 1. The van der Waals surface area contributed by atoms with Gasteiger partial charge in [-0.25, -0.2) is 0 Å². The Hall–Kier alpha value is -1.42. The first-order chi connectivity index (χ1) is 5.66. The second-order valence-corrected chi connectivity index (χ2v) is 2.30. The molecular weight excluding hydrogens is 170 g/mol. The fourth-order valence-corrected chi connectivity index (χ4v) is 0.534. The number of hydrogen-bond donors (Lipinski definition) is 0. The molecule has 0 bridgehead atoms. The van der Waals surface area contributed by atoms with Gasteiger partial charge in [-0.2, -0.15) is 0 Å². The Morgan fingerprint density at radius 3 is 1.85 bits per heavy atom. The molecule has 0 fully saturated rings. The molecule has 1 aromatic rings. The molecule has 0 aliphatic carbocycles. The van der Waals surface area contributed by atoms with Crippen LogP contribution in [0, 0.1) is 17.0 Å². The molecule has 0 spiro atoms. The Kier molecular flexibility index (Phi) is 9.42. The third-order valence-corrected chi connectivity index (χ3v) is 1.20. The summed E-state index contributed by atoms with van der Waals surface area (Å²) in [5.74, 6) is 0. The Balaban J connectivity index is 0. The number of nitrogens with zero attached hydrogens (tertiary/aromatic N) is 1. The largest absolute Gasteiger partial charge is 0.412 e. The van der Waals surface area contributed by atoms with Crippen molar-refractivity contribution in [1.29, 1.82) is 0 Å². The van der Waals surface area contributed by atoms with Crippen LogP contribution in [0.4, 0.5) is 0 Å². The van der Waals surface area contributed by atoms with Crippen molar-refractivity contribution in [1.82, 2.24) is 0 Å². The van der Waals surface area contributed by atoms with E-state index < -0.39 is 0 Å². The lowest BCUT2D eigenvalue weighted by Gasteiger charge is -1.82. The van der Waals surface area contributed by atoms with Gasteiger partial charge in [0.1, 0.15) is 0 Å². The van der Waals surface area contributed by atoms with Crippen LogP contribution in [0.1, 0.15) is 12.5 Å². The van der Waals surface area contributed by atoms with E-state index in [1.165, 1.54) is 12.5 Å². The van der Waals surface area contributed by atoms with Crippen LogP contribution < -0.4 is 0 Å². The first-order valence-corrected chi connectivity index (χ1v) is 3.80. The number of hydrogen-bond acceptors (Lipinski definition) is 2. The molecule has 1 aromatic carbocycles. The van der Waals surface area contributed by atoms with Gasteiger partial charge in [-0.3, -0.25) is 10.1 Å². The molecule has 4 heteroatoms. The first kappa shape index (κ1) is 14.1. The van der Waals surface area contributed by atoms with Crippen molar-refractivity contribution in [2.24, 2.45) is 0 Å². The van der Waals surface area contributed by atoms with E-state index in [1.807, 2.05) is 18.2 Å². The van der Waals surface area contributed by atoms with Crippen LogP contribution in [0.15, 0.2) is 30.3 Å². The molecule has 74 valence electrons. The summed E-state index contributed by atoms with van der Waals surface area (Å²) in [7, 11) is 0. The predicted molar refractivity (Wildman–Crippen MR) is 52.3 cm³/mol. The van der Waals surface area contributed by atoms with E-state index in [1.54, 1.807) is 0 Å². The quantitative estimate of drug-likeness (QED) is 0.490. The zero-order valence-corrected chi connectivity index (χ0v) is 7.86. The molecule has 0 unspecified atom stereocenters. The summed E-state index contributed by atoms with van der Waals surface area (Å²) < 4.78 is 0. The van der Waals surface area contributed by atoms with Crippen molar-refractivity contribution in [2.75, 3.05) is 6.54 Å². The number of rotatable bonds is 1. The molecule has 0 aliphatic rings. The molecule has 0 aliphatic heterocycles. The fraction of sp³-hybridized carbons (Fsp3) is 0.333. The van der Waals surface area contributed by atoms with Crippen LogP contribution >= 0.6 is 0 Å². The Labute approximate surface area is 77.7 Å². The maximum Gasteiger partial charge on any atom is 0.201 e. The lowest BCUT2D eigenvalue weighted by Crippen LogP contribution is -1.92. The summed E-state index contributed by atoms with van der Waals surface area (Å²) in [5.41, 5.74) is 1.32. The minimum atomic E-state index is -0.375. The van der Waals surface area contributed by atoms with Crippen LogP contribution in [-0.2, 0) is 0 Å². The SMILES string of the molecule is CC[N+](=O)[O-].Cc1ccccc1.O. The molecule has 1 rings (SSSR count). The van der Waals surface area contributed by atoms with Gasteiger partial charge in [0.05, 0.1) is 0 Å². The highest BCUT2D eigenvalue weighted by atomic mass is 16.6. The fourth-order valence-electron chi connectivity index (χ4n) is 0.534. The van der Waals surface area contributed by atoms with E-state index in [4.69, 9.17) is 0 Å². The Morgan fingerprint density at radius 2 is 1.69 bits per heavy atom. The van der Waals surface area contributed by atoms with Gasteiger partial charge < -0.3 is 5.48 Å². The Bertz CT molecular complexity index is 224. The zero-order valence-electron chi connectivity index (χ0n) is 7.86. The molecule has 0 saturated heterocycles. The molecule has 0 heterocycles. The monoisotopic (exact) mass is 185 g/mol. The highest BCUT2D eigenvalue weighted by Crippen LogP contribution is 1.92. The molecule has 0 aromatic heterocycles. The van der Waals surface area contributed by atoms with Gasteiger partial charge in [-0.15, -0.1) is 0 Å². The van der Waals surface area contributed by atoms with Gasteiger partial charge in [-0.05, 0) is 6.92 Å². The maximum absolute atomic E-state index is 9.17. The average molecular weight is 185 g/mol. The van der Waals surface area contributed by atoms with Crippen molar-refractivity contribution in [3.63, 3.8) is 0 Å². The normalized spacial score (nSPS) is 7.54. The van der Waals surface area contributed by atoms with Crippen LogP contribution in [0.2, 0.25) is 0 Å². The maximum atomic E-state index is 9.17. The minimum Gasteiger partial charge on any atom is -0.412 e. The summed E-state index contributed by atoms with van der Waals surface area (Å²) in [5, 5.41) is 9.17. The van der Waals surface area contributed by atoms with Crippen molar-refractivity contribution in [3.05, 3.63) is 46.0 Å². The molecule has 0 amide bonds. The summed E-state index contributed by atoms with van der Waals surface area (Å²) in [6.45, 7) is 3.61. The van der Waals surface area contributed by atoms with Crippen molar-refractivity contribution in [3.8, 4) is 0 Å². The first-order valence-electron chi connectivity index (χ1n) is 3.80. The smallest absolute Gasteiger partial charge is 0.201 e. The second-order valence-electron chi connectivity index (χ2n) is 2.30. The van der Waals surface area contributed by atoms with Gasteiger partial charge >= 0.3 is 0 Å². The van der Waals surface area contributed by atoms with Gasteiger partial charge in [0.2, 0.25) is 6.54 Å². The topological polar surface area (TPSA) is 74.6 Å². The standard InChI is InChI=1S/C7H8.C2H5NO2.H2O/c1-7-5-3-2-4-6-7;1-2-3(4)5;/h2-6H,1H3;2H2,1H3;1H2. The Morgan fingerprint density at radius 1 is 1.31 bits per heavy atom. The molecule has 4 nitrogen and oxygen atoms in total. The third kappa shape index (κ3) is 10.6. The lowest BCUT2D eigenvalue weighted by atomic mass is 10.2. The highest BCUT2D eigenvalue weighted by Gasteiger charge is 1.77. The summed E-state index contributed by atoms with van der Waals surface area (Å²) in [6.07, 6.45) is 0. The van der Waals surface area contributed by atoms with E-state index in [0.29, 0.717) is 0 Å². The predicted octanol–water partition coefficient (Wildman–Crippen LogP) is 1.45. The van der Waals surface area contributed by atoms with Gasteiger partial charge in [0.15, 0.2) is 0 Å². The van der Waals surface area contributed by atoms with E-state index in [-0.39, 0.29) is 16.9 Å². The molecule has 0 atom stereocenters. The van der Waals surface area contributed by atoms with Crippen LogP contribution in [0.5, 0.6) is 0 Å². The van der Waals surface area contributed by atoms with Crippen LogP contribution in [0.3, 0.4) is 0 Å². The lowest BCUT2D eigenvalue weighted by molar-refractivity contribution is -0.475. The van der Waals surface area contributed by atoms with E-state index in [9.17, 15) is 10.1 Å². The summed E-state index contributed by atoms with van der Waals surface area (Å²) in [4.78, 5) is 8.80. The van der Waals surface area contributed by atoms with Crippen LogP contribution in [0.25, 0.3) is 0 Å². The molecule has 0 saturated carbocycles. The van der Waals surface area contributed by atoms with E-state index in [0.717, 1.165) is 0 Å². The molecule has 13 heavy (non-hydrogen) atoms. The van der Waals surface area contributed by atoms with E-state index in [2.05, 4.69) is 19.1 Å². The molecular formula is C9H15NO3. The second kappa shape index (κ2) is 8.67. The number of aryl methyl sites for hydroxylation is 1. The summed E-state index contributed by atoms with van der Waals surface area (Å²) in [6, 6.07) is 10.3. The van der Waals surface area contributed by atoms with Crippen molar-refractivity contribution >= 4 is 0 Å². The molecule has 0 radical (unpaired) electrons. The number of nitro groups is 1. The van der Waals surface area contributed by atoms with Gasteiger partial charge in [0, 0.05) is 11.8 Å². The van der Waals surface area contributed by atoms with Gasteiger partial charge in [-0.1, -0.05) is 35.9 Å². The van der Waals surface area contributed by atoms with Crippen LogP contribution in [-0.4, -0.2) is 16.9 Å². The third-order valence-electron chi connectivity index (χ3n) is 1.20. The zero-order chi connectivity index (χ0) is 9.40.